The van der Waals surface area contributed by atoms with E-state index in [0.717, 1.165) is 6.20 Å². The molecule has 0 aliphatic rings. The number of carboxylic acids is 1. The van der Waals surface area contributed by atoms with Gasteiger partial charge in [-0.2, -0.15) is 0 Å². The lowest BCUT2D eigenvalue weighted by atomic mass is 10.2. The smallest absolute Gasteiger partial charge is 0.309 e. The number of aliphatic carboxylic acids is 1. The number of carboxylic acid groups (broad SMARTS) is 1. The summed E-state index contributed by atoms with van der Waals surface area (Å²) in [4.78, 5) is 23.3. The molecular formula is C8H6F2N2O4. The molecule has 1 heterocycles. The van der Waals surface area contributed by atoms with Crippen LogP contribution in [0.5, 0.6) is 0 Å². The number of halogens is 2. The molecule has 1 aromatic heterocycles. The first kappa shape index (κ1) is 12.0. The Balaban J connectivity index is 3.19. The highest BCUT2D eigenvalue weighted by atomic mass is 19.3. The quantitative estimate of drug-likeness (QED) is 0.627. The average Bonchev–Trinajstić information content (AvgIpc) is 2.16. The lowest BCUT2D eigenvalue weighted by molar-refractivity contribution is -0.386. The van der Waals surface area contributed by atoms with Gasteiger partial charge in [0, 0.05) is 17.8 Å². The lowest BCUT2D eigenvalue weighted by Crippen LogP contribution is -2.07. The molecular weight excluding hydrogens is 226 g/mol. The number of aromatic nitrogens is 1. The highest BCUT2D eigenvalue weighted by Gasteiger charge is 2.21. The standard InChI is InChI=1S/C8H6F2N2O4/c9-8(10)4-1-6(12(15)16)5(11-3-4)2-7(13)14/h1,3,8H,2H2,(H,13,14). The van der Waals surface area contributed by atoms with Crippen molar-refractivity contribution >= 4 is 11.7 Å². The SMILES string of the molecule is O=C(O)Cc1ncc(C(F)F)cc1[N+](=O)[O-]. The molecule has 0 fully saturated rings. The van der Waals surface area contributed by atoms with E-state index < -0.39 is 35.0 Å². The molecule has 86 valence electrons. The third-order valence-electron chi connectivity index (χ3n) is 1.74. The molecule has 8 heteroatoms. The van der Waals surface area contributed by atoms with Crippen LogP contribution in [-0.4, -0.2) is 21.0 Å². The van der Waals surface area contributed by atoms with Gasteiger partial charge in [0.1, 0.15) is 5.69 Å². The predicted molar refractivity (Wildman–Crippen MR) is 47.2 cm³/mol. The van der Waals surface area contributed by atoms with E-state index in [4.69, 9.17) is 5.11 Å². The van der Waals surface area contributed by atoms with Crippen LogP contribution in [0.3, 0.4) is 0 Å². The van der Waals surface area contributed by atoms with E-state index in [-0.39, 0.29) is 5.69 Å². The van der Waals surface area contributed by atoms with E-state index in [0.29, 0.717) is 6.07 Å². The Morgan fingerprint density at radius 3 is 2.69 bits per heavy atom. The van der Waals surface area contributed by atoms with E-state index in [1.165, 1.54) is 0 Å². The fourth-order valence-corrected chi connectivity index (χ4v) is 1.05. The molecule has 0 saturated heterocycles. The highest BCUT2D eigenvalue weighted by Crippen LogP contribution is 2.24. The number of nitrogens with zero attached hydrogens (tertiary/aromatic N) is 2. The van der Waals surface area contributed by atoms with E-state index in [2.05, 4.69) is 4.98 Å². The molecule has 1 rings (SSSR count). The zero-order valence-corrected chi connectivity index (χ0v) is 7.76. The van der Waals surface area contributed by atoms with Crippen LogP contribution < -0.4 is 0 Å². The predicted octanol–water partition coefficient (Wildman–Crippen LogP) is 1.55. The van der Waals surface area contributed by atoms with Crippen LogP contribution in [0, 0.1) is 10.1 Å². The number of hydrogen-bond acceptors (Lipinski definition) is 4. The minimum atomic E-state index is -2.88. The van der Waals surface area contributed by atoms with Crippen molar-refractivity contribution in [1.29, 1.82) is 0 Å². The van der Waals surface area contributed by atoms with Crippen LogP contribution in [0.15, 0.2) is 12.3 Å². The maximum atomic E-state index is 12.2. The Morgan fingerprint density at radius 1 is 1.62 bits per heavy atom. The second kappa shape index (κ2) is 4.60. The van der Waals surface area contributed by atoms with Crippen molar-refractivity contribution in [2.45, 2.75) is 12.8 Å². The summed E-state index contributed by atoms with van der Waals surface area (Å²) < 4.78 is 24.5. The zero-order valence-electron chi connectivity index (χ0n) is 7.76. The van der Waals surface area contributed by atoms with E-state index >= 15 is 0 Å². The van der Waals surface area contributed by atoms with Gasteiger partial charge in [0.25, 0.3) is 12.1 Å². The third-order valence-corrected chi connectivity index (χ3v) is 1.74. The first-order valence-corrected chi connectivity index (χ1v) is 4.05. The number of carbonyl (C=O) groups is 1. The summed E-state index contributed by atoms with van der Waals surface area (Å²) in [6.07, 6.45) is -2.83. The minimum absolute atomic E-state index is 0.345. The Morgan fingerprint density at radius 2 is 2.25 bits per heavy atom. The van der Waals surface area contributed by atoms with Gasteiger partial charge in [-0.15, -0.1) is 0 Å². The van der Waals surface area contributed by atoms with Crippen LogP contribution in [0.1, 0.15) is 17.7 Å². The summed E-state index contributed by atoms with van der Waals surface area (Å²) in [6.45, 7) is 0. The van der Waals surface area contributed by atoms with Gasteiger partial charge < -0.3 is 5.11 Å². The summed E-state index contributed by atoms with van der Waals surface area (Å²) in [5.41, 5.74) is -1.66. The van der Waals surface area contributed by atoms with Crippen molar-refractivity contribution in [3.05, 3.63) is 33.6 Å². The molecule has 0 aromatic carbocycles. The first-order chi connectivity index (χ1) is 7.41. The Hall–Kier alpha value is -2.12. The van der Waals surface area contributed by atoms with Crippen molar-refractivity contribution in [2.75, 3.05) is 0 Å². The number of pyridine rings is 1. The summed E-state index contributed by atoms with van der Waals surface area (Å²) in [6, 6.07) is 0.635. The van der Waals surface area contributed by atoms with Gasteiger partial charge in [0.2, 0.25) is 0 Å². The van der Waals surface area contributed by atoms with Crippen molar-refractivity contribution < 1.29 is 23.6 Å². The number of rotatable bonds is 4. The van der Waals surface area contributed by atoms with E-state index in [1.54, 1.807) is 0 Å². The summed E-state index contributed by atoms with van der Waals surface area (Å²) in [7, 11) is 0. The zero-order chi connectivity index (χ0) is 12.3. The molecule has 0 amide bonds. The topological polar surface area (TPSA) is 93.3 Å². The lowest BCUT2D eigenvalue weighted by Gasteiger charge is -2.02. The van der Waals surface area contributed by atoms with Crippen molar-refractivity contribution in [1.82, 2.24) is 4.98 Å². The second-order valence-electron chi connectivity index (χ2n) is 2.86. The van der Waals surface area contributed by atoms with Gasteiger partial charge in [-0.05, 0) is 0 Å². The van der Waals surface area contributed by atoms with Gasteiger partial charge in [0.15, 0.2) is 0 Å². The minimum Gasteiger partial charge on any atom is -0.481 e. The number of hydrogen-bond donors (Lipinski definition) is 1. The monoisotopic (exact) mass is 232 g/mol. The first-order valence-electron chi connectivity index (χ1n) is 4.05. The van der Waals surface area contributed by atoms with Gasteiger partial charge in [-0.25, -0.2) is 8.78 Å². The fourth-order valence-electron chi connectivity index (χ4n) is 1.05. The summed E-state index contributed by atoms with van der Waals surface area (Å²) in [5, 5.41) is 18.9. The fraction of sp³-hybridized carbons (Fsp3) is 0.250. The normalized spacial score (nSPS) is 10.4. The van der Waals surface area contributed by atoms with Gasteiger partial charge >= 0.3 is 5.97 Å². The molecule has 0 aliphatic carbocycles. The van der Waals surface area contributed by atoms with E-state index in [1.807, 2.05) is 0 Å². The van der Waals surface area contributed by atoms with Crippen LogP contribution in [0.4, 0.5) is 14.5 Å². The second-order valence-corrected chi connectivity index (χ2v) is 2.86. The van der Waals surface area contributed by atoms with Crippen LogP contribution in [0.25, 0.3) is 0 Å². The van der Waals surface area contributed by atoms with Crippen LogP contribution in [-0.2, 0) is 11.2 Å². The Labute approximate surface area is 87.7 Å². The van der Waals surface area contributed by atoms with Crippen molar-refractivity contribution in [3.8, 4) is 0 Å². The van der Waals surface area contributed by atoms with Crippen molar-refractivity contribution in [3.63, 3.8) is 0 Å². The maximum Gasteiger partial charge on any atom is 0.309 e. The van der Waals surface area contributed by atoms with Gasteiger partial charge in [-0.3, -0.25) is 19.9 Å². The molecule has 6 nitrogen and oxygen atoms in total. The van der Waals surface area contributed by atoms with Crippen LogP contribution in [0.2, 0.25) is 0 Å². The summed E-state index contributed by atoms with van der Waals surface area (Å²) >= 11 is 0. The largest absolute Gasteiger partial charge is 0.481 e. The molecule has 0 unspecified atom stereocenters. The maximum absolute atomic E-state index is 12.2. The molecule has 0 atom stereocenters. The Kier molecular flexibility index (Phi) is 3.44. The van der Waals surface area contributed by atoms with Gasteiger partial charge in [0.05, 0.1) is 11.3 Å². The highest BCUT2D eigenvalue weighted by molar-refractivity contribution is 5.71. The number of alkyl halides is 2. The summed E-state index contributed by atoms with van der Waals surface area (Å²) in [5.74, 6) is -1.32. The molecule has 0 radical (unpaired) electrons. The molecule has 1 N–H and O–H groups in total. The third kappa shape index (κ3) is 2.69. The van der Waals surface area contributed by atoms with E-state index in [9.17, 15) is 23.7 Å². The average molecular weight is 232 g/mol. The van der Waals surface area contributed by atoms with Gasteiger partial charge in [-0.1, -0.05) is 0 Å². The number of nitro groups is 1. The van der Waals surface area contributed by atoms with Crippen molar-refractivity contribution in [2.24, 2.45) is 0 Å². The molecule has 16 heavy (non-hydrogen) atoms. The van der Waals surface area contributed by atoms with Crippen LogP contribution >= 0.6 is 0 Å². The Bertz CT molecular complexity index is 436. The molecule has 0 aliphatic heterocycles. The molecule has 0 spiro atoms. The molecule has 0 saturated carbocycles. The molecule has 0 bridgehead atoms. The molecule has 1 aromatic rings.